The summed E-state index contributed by atoms with van der Waals surface area (Å²) in [5.41, 5.74) is -0.191. The predicted octanol–water partition coefficient (Wildman–Crippen LogP) is 2.03. The first-order valence-corrected chi connectivity index (χ1v) is 3.80. The molecule has 2 rings (SSSR count). The van der Waals surface area contributed by atoms with Gasteiger partial charge in [0.25, 0.3) is 0 Å². The third kappa shape index (κ3) is 1.38. The van der Waals surface area contributed by atoms with Gasteiger partial charge >= 0.3 is 0 Å². The summed E-state index contributed by atoms with van der Waals surface area (Å²) in [6.07, 6.45) is -1.47. The second-order valence-electron chi connectivity index (χ2n) is 1.88. The number of imidazole rings is 1. The van der Waals surface area contributed by atoms with Crippen LogP contribution in [0.5, 0.6) is 0 Å². The molecule has 60 valence electrons. The Morgan fingerprint density at radius 1 is 1.58 bits per heavy atom. The van der Waals surface area contributed by atoms with E-state index in [1.807, 2.05) is 0 Å². The van der Waals surface area contributed by atoms with Gasteiger partial charge in [-0.3, -0.25) is 4.98 Å². The zero-order valence-electron chi connectivity index (χ0n) is 11.7. The topological polar surface area (TPSA) is 30.7 Å². The summed E-state index contributed by atoms with van der Waals surface area (Å²) in [6.45, 7) is 0. The van der Waals surface area contributed by atoms with Crippen LogP contribution in [0.4, 0.5) is 0 Å². The van der Waals surface area contributed by atoms with Gasteiger partial charge in [0.15, 0.2) is 0 Å². The molecule has 0 aliphatic heterocycles. The second-order valence-corrected chi connectivity index (χ2v) is 2.63. The summed E-state index contributed by atoms with van der Waals surface area (Å²) in [5.74, 6) is 0. The molecule has 0 bridgehead atoms. The minimum Gasteiger partial charge on any atom is -0.304 e. The Morgan fingerprint density at radius 3 is 3.25 bits per heavy atom. The molecule has 4 heteroatoms. The normalized spacial score (nSPS) is 17.1. The van der Waals surface area contributed by atoms with Crippen molar-refractivity contribution in [2.24, 2.45) is 0 Å². The molecule has 0 atom stereocenters. The molecule has 0 aliphatic carbocycles. The summed E-state index contributed by atoms with van der Waals surface area (Å²) in [6, 6.07) is -0.878. The summed E-state index contributed by atoms with van der Waals surface area (Å²) >= 11 is 2.98. The van der Waals surface area contributed by atoms with Gasteiger partial charge in [-0.2, -0.15) is 0 Å². The Bertz CT molecular complexity index is 640. The molecule has 0 amide bonds. The lowest BCUT2D eigenvalue weighted by atomic mass is 10.4. The molecule has 0 aliphatic rings. The van der Waals surface area contributed by atoms with Crippen LogP contribution < -0.4 is 0 Å². The fourth-order valence-corrected chi connectivity index (χ4v) is 0.929. The van der Waals surface area contributed by atoms with Crippen molar-refractivity contribution in [2.45, 2.75) is 0 Å². The van der Waals surface area contributed by atoms with E-state index in [2.05, 4.69) is 25.9 Å². The quantitative estimate of drug-likeness (QED) is 0.750. The predicted molar refractivity (Wildman–Crippen MR) is 49.1 cm³/mol. The van der Waals surface area contributed by atoms with Crippen molar-refractivity contribution in [1.29, 1.82) is 0 Å². The molecule has 0 fully saturated rings. The maximum absolute atomic E-state index is 7.72. The van der Waals surface area contributed by atoms with E-state index in [9.17, 15) is 0 Å². The Kier molecular flexibility index (Phi) is 0.842. The molecule has 2 aromatic rings. The van der Waals surface area contributed by atoms with Crippen LogP contribution in [0.3, 0.4) is 0 Å². The molecule has 0 radical (unpaired) electrons. The lowest BCUT2D eigenvalue weighted by Crippen LogP contribution is -1.89. The summed E-state index contributed by atoms with van der Waals surface area (Å²) in [5, 5.41) is 0. The van der Waals surface area contributed by atoms with Crippen LogP contribution in [0.25, 0.3) is 5.69 Å². The Hall–Kier alpha value is -1.16. The standard InChI is InChI=1S/C8H6BrN3/c9-8-5-12(6-11-8)7-2-1-3-10-4-7/h1-6H/i1D,2D,3D,4D,5D,6D. The van der Waals surface area contributed by atoms with E-state index in [4.69, 9.17) is 8.22 Å². The van der Waals surface area contributed by atoms with Crippen molar-refractivity contribution >= 4 is 15.9 Å². The van der Waals surface area contributed by atoms with Crippen LogP contribution >= 0.6 is 15.9 Å². The summed E-state index contributed by atoms with van der Waals surface area (Å²) < 4.78 is 46.5. The van der Waals surface area contributed by atoms with E-state index in [0.717, 1.165) is 4.57 Å². The molecule has 0 spiro atoms. The minimum absolute atomic E-state index is 0.104. The van der Waals surface area contributed by atoms with Gasteiger partial charge in [-0.1, -0.05) is 0 Å². The molecule has 3 nitrogen and oxygen atoms in total. The van der Waals surface area contributed by atoms with Gasteiger partial charge in [-0.05, 0) is 28.0 Å². The average molecular weight is 230 g/mol. The smallest absolute Gasteiger partial charge is 0.124 e. The molecular weight excluding hydrogens is 218 g/mol. The second kappa shape index (κ2) is 3.06. The highest BCUT2D eigenvalue weighted by atomic mass is 79.9. The summed E-state index contributed by atoms with van der Waals surface area (Å²) in [7, 11) is 0. The lowest BCUT2D eigenvalue weighted by molar-refractivity contribution is 1.04. The van der Waals surface area contributed by atoms with Crippen molar-refractivity contribution in [3.05, 3.63) is 41.5 Å². The van der Waals surface area contributed by atoms with Gasteiger partial charge in [0.05, 0.1) is 18.7 Å². The Labute approximate surface area is 86.6 Å². The van der Waals surface area contributed by atoms with Gasteiger partial charge in [-0.25, -0.2) is 4.98 Å². The fourth-order valence-electron chi connectivity index (χ4n) is 0.672. The number of halogens is 1. The van der Waals surface area contributed by atoms with Crippen molar-refractivity contribution in [3.8, 4) is 5.69 Å². The molecule has 0 N–H and O–H groups in total. The summed E-state index contributed by atoms with van der Waals surface area (Å²) in [4.78, 5) is 7.17. The number of nitrogens with zero attached hydrogens (tertiary/aromatic N) is 3. The molecule has 2 heterocycles. The van der Waals surface area contributed by atoms with Gasteiger partial charge in [-0.15, -0.1) is 0 Å². The van der Waals surface area contributed by atoms with Gasteiger partial charge < -0.3 is 4.57 Å². The third-order valence-corrected chi connectivity index (χ3v) is 1.48. The van der Waals surface area contributed by atoms with E-state index < -0.39 is 24.4 Å². The maximum atomic E-state index is 7.72. The third-order valence-electron chi connectivity index (χ3n) is 1.13. The van der Waals surface area contributed by atoms with E-state index >= 15 is 0 Å². The van der Waals surface area contributed by atoms with Crippen molar-refractivity contribution < 1.29 is 8.22 Å². The Morgan fingerprint density at radius 2 is 2.50 bits per heavy atom. The van der Waals surface area contributed by atoms with Gasteiger partial charge in [0.1, 0.15) is 12.3 Å². The molecule has 0 unspecified atom stereocenters. The fraction of sp³-hybridized carbons (Fsp3) is 0. The first kappa shape index (κ1) is 3.30. The molecule has 0 saturated carbocycles. The number of hydrogen-bond acceptors (Lipinski definition) is 2. The highest BCUT2D eigenvalue weighted by molar-refractivity contribution is 9.10. The van der Waals surface area contributed by atoms with E-state index in [0.29, 0.717) is 0 Å². The van der Waals surface area contributed by atoms with Crippen molar-refractivity contribution in [3.63, 3.8) is 0 Å². The van der Waals surface area contributed by atoms with Crippen LogP contribution in [0.15, 0.2) is 41.5 Å². The number of aromatic nitrogens is 3. The highest BCUT2D eigenvalue weighted by Crippen LogP contribution is 2.09. The van der Waals surface area contributed by atoms with E-state index in [1.54, 1.807) is 0 Å². The zero-order chi connectivity index (χ0) is 13.6. The van der Waals surface area contributed by atoms with Crippen molar-refractivity contribution in [2.75, 3.05) is 0 Å². The zero-order valence-corrected chi connectivity index (χ0v) is 7.31. The Balaban J connectivity index is 2.83. The number of hydrogen-bond donors (Lipinski definition) is 0. The minimum atomic E-state index is -0.481. The van der Waals surface area contributed by atoms with E-state index in [1.165, 1.54) is 0 Å². The molecule has 0 aromatic carbocycles. The first-order valence-electron chi connectivity index (χ1n) is 6.00. The largest absolute Gasteiger partial charge is 0.304 e. The molecule has 2 aromatic heterocycles. The van der Waals surface area contributed by atoms with Crippen LogP contribution in [0.1, 0.15) is 8.22 Å². The average Bonchev–Trinajstić information content (AvgIpc) is 2.53. The number of rotatable bonds is 1. The SMILES string of the molecule is [2H]c1nc([2H])c(-n2c([2H])nc(Br)c2[2H])c([2H])c1[2H]. The van der Waals surface area contributed by atoms with Crippen molar-refractivity contribution in [1.82, 2.24) is 14.5 Å². The van der Waals surface area contributed by atoms with Crippen LogP contribution in [0, 0.1) is 0 Å². The first-order chi connectivity index (χ1) is 8.34. The molecule has 12 heavy (non-hydrogen) atoms. The molecule has 0 saturated heterocycles. The van der Waals surface area contributed by atoms with Crippen LogP contribution in [-0.2, 0) is 0 Å². The monoisotopic (exact) mass is 229 g/mol. The molecular formula is C8H6BrN3. The highest BCUT2D eigenvalue weighted by Gasteiger charge is 1.95. The van der Waals surface area contributed by atoms with Gasteiger partial charge in [0, 0.05) is 12.3 Å². The maximum Gasteiger partial charge on any atom is 0.124 e. The van der Waals surface area contributed by atoms with Crippen LogP contribution in [-0.4, -0.2) is 14.5 Å². The number of pyridine rings is 1. The van der Waals surface area contributed by atoms with Crippen LogP contribution in [0.2, 0.25) is 0 Å². The van der Waals surface area contributed by atoms with E-state index in [-0.39, 0.29) is 22.8 Å². The van der Waals surface area contributed by atoms with Gasteiger partial charge in [0.2, 0.25) is 0 Å². The lowest BCUT2D eigenvalue weighted by Gasteiger charge is -1.97.